The maximum atomic E-state index is 14.0. The summed E-state index contributed by atoms with van der Waals surface area (Å²) < 4.78 is 0. The lowest BCUT2D eigenvalue weighted by atomic mass is 9.42. The predicted molar refractivity (Wildman–Crippen MR) is 334 cm³/mol. The van der Waals surface area contributed by atoms with Crippen molar-refractivity contribution in [2.75, 3.05) is 11.4 Å². The van der Waals surface area contributed by atoms with Gasteiger partial charge in [-0.25, -0.2) is 0 Å². The Bertz CT molecular complexity index is 8350. The van der Waals surface area contributed by atoms with E-state index in [1.165, 1.54) is 304 Å². The smallest absolute Gasteiger partial charge is 0.299 e. The molecule has 364 valence electrons. The van der Waals surface area contributed by atoms with Crippen molar-refractivity contribution in [3.63, 3.8) is 0 Å². The van der Waals surface area contributed by atoms with Gasteiger partial charge in [0.25, 0.3) is 17.1 Å². The normalized spacial score (nSPS) is 23.7. The Labute approximate surface area is 456 Å². The number of nitro benzene ring substituents is 3. The molecule has 1 fully saturated rings. The zero-order chi connectivity index (χ0) is 51.9. The molecule has 0 amide bonds. The van der Waals surface area contributed by atoms with Gasteiger partial charge in [0.1, 0.15) is 5.69 Å². The van der Waals surface area contributed by atoms with E-state index in [0.717, 1.165) is 5.56 Å². The summed E-state index contributed by atoms with van der Waals surface area (Å²) >= 11 is 0. The zero-order valence-corrected chi connectivity index (χ0v) is 42.2. The maximum Gasteiger partial charge on any atom is 0.299 e. The molecule has 0 aromatic heterocycles. The first kappa shape index (κ1) is 33.8. The summed E-state index contributed by atoms with van der Waals surface area (Å²) in [5.41, 5.74) is 7.81. The molecule has 28 aromatic rings. The van der Waals surface area contributed by atoms with Crippen LogP contribution in [0, 0.1) is 30.3 Å². The van der Waals surface area contributed by atoms with Gasteiger partial charge in [0.05, 0.1) is 26.9 Å². The van der Waals surface area contributed by atoms with Crippen LogP contribution >= 0.6 is 0 Å². The van der Waals surface area contributed by atoms with Crippen molar-refractivity contribution in [2.45, 2.75) is 28.7 Å². The molecule has 28 aromatic carbocycles. The third-order valence-corrected chi connectivity index (χ3v) is 28.4. The molecule has 6 aliphatic carbocycles. The molecule has 1 aliphatic heterocycles. The van der Waals surface area contributed by atoms with Crippen molar-refractivity contribution < 1.29 is 14.8 Å². The van der Waals surface area contributed by atoms with Gasteiger partial charge in [0.15, 0.2) is 0 Å². The molecule has 35 rings (SSSR count). The molecule has 1 saturated heterocycles. The lowest BCUT2D eigenvalue weighted by molar-refractivity contribution is -0.393. The lowest BCUT2D eigenvalue weighted by Crippen LogP contribution is -2.57. The van der Waals surface area contributed by atoms with Crippen LogP contribution in [0.4, 0.5) is 22.7 Å². The van der Waals surface area contributed by atoms with Crippen molar-refractivity contribution in [1.29, 1.82) is 0 Å². The summed E-state index contributed by atoms with van der Waals surface area (Å²) in [6.07, 6.45) is 0. The van der Waals surface area contributed by atoms with E-state index in [9.17, 15) is 30.3 Å². The van der Waals surface area contributed by atoms with Gasteiger partial charge in [-0.1, -0.05) is 12.1 Å². The topological polar surface area (TPSA) is 133 Å². The van der Waals surface area contributed by atoms with Gasteiger partial charge in [-0.2, -0.15) is 0 Å². The van der Waals surface area contributed by atoms with Crippen LogP contribution < -0.4 is 4.90 Å². The Balaban J connectivity index is 0.995. The quantitative estimate of drug-likeness (QED) is 0.0952. The summed E-state index contributed by atoms with van der Waals surface area (Å²) in [6, 6.07) is 11.0. The van der Waals surface area contributed by atoms with E-state index in [1.807, 2.05) is 12.1 Å². The van der Waals surface area contributed by atoms with Crippen molar-refractivity contribution in [1.82, 2.24) is 0 Å². The highest BCUT2D eigenvalue weighted by Gasteiger charge is 2.81. The number of nitrogens with zero attached hydrogens (tertiary/aromatic N) is 4. The fourth-order valence-electron chi connectivity index (χ4n) is 28.0. The van der Waals surface area contributed by atoms with Crippen LogP contribution in [0.3, 0.4) is 0 Å². The van der Waals surface area contributed by atoms with Crippen LogP contribution in [0.25, 0.3) is 269 Å². The first-order valence-electron chi connectivity index (χ1n) is 29.8. The molecule has 7 aliphatic rings. The van der Waals surface area contributed by atoms with Gasteiger partial charge >= 0.3 is 0 Å². The molecule has 0 bridgehead atoms. The van der Waals surface area contributed by atoms with Gasteiger partial charge in [0.2, 0.25) is 0 Å². The Hall–Kier alpha value is -10.8. The largest absolute Gasteiger partial charge is 0.357 e. The van der Waals surface area contributed by atoms with Crippen molar-refractivity contribution in [3.8, 4) is 0 Å². The van der Waals surface area contributed by atoms with Gasteiger partial charge in [-0.05, 0) is 314 Å². The fraction of sp³-hybridized carbons (Fsp3) is 0.0811. The molecular formula is C74H12N4O6. The number of non-ortho nitro benzene ring substituents is 2. The fourth-order valence-corrected chi connectivity index (χ4v) is 28.0. The molecule has 2 spiro atoms. The van der Waals surface area contributed by atoms with Crippen molar-refractivity contribution in [3.05, 3.63) is 112 Å². The highest BCUT2D eigenvalue weighted by Crippen LogP contribution is 2.90. The minimum atomic E-state index is -0.834. The summed E-state index contributed by atoms with van der Waals surface area (Å²) in [5, 5.41) is 114. The second-order valence-corrected chi connectivity index (χ2v) is 28.9. The van der Waals surface area contributed by atoms with Crippen LogP contribution in [0.15, 0.2) is 42.5 Å². The second-order valence-electron chi connectivity index (χ2n) is 28.9. The number of benzene rings is 18. The molecule has 0 N–H and O–H groups in total. The highest BCUT2D eigenvalue weighted by molar-refractivity contribution is 6.80. The van der Waals surface area contributed by atoms with Crippen LogP contribution in [0.1, 0.15) is 56.8 Å². The zero-order valence-electron chi connectivity index (χ0n) is 42.2. The number of rotatable bonds is 5. The molecule has 10 heteroatoms. The first-order valence-corrected chi connectivity index (χ1v) is 29.8. The molecule has 0 radical (unpaired) electrons. The molecular weight excluding hydrogens is 1040 g/mol. The van der Waals surface area contributed by atoms with E-state index < -0.39 is 26.7 Å². The van der Waals surface area contributed by atoms with Gasteiger partial charge < -0.3 is 4.90 Å². The van der Waals surface area contributed by atoms with Crippen LogP contribution in [-0.4, -0.2) is 21.3 Å². The van der Waals surface area contributed by atoms with Crippen LogP contribution in [-0.2, 0) is 10.8 Å². The minimum Gasteiger partial charge on any atom is -0.357 e. The van der Waals surface area contributed by atoms with E-state index >= 15 is 0 Å². The van der Waals surface area contributed by atoms with E-state index in [1.54, 1.807) is 29.0 Å². The maximum absolute atomic E-state index is 14.0. The van der Waals surface area contributed by atoms with Crippen LogP contribution in [0.2, 0.25) is 0 Å². The lowest BCUT2D eigenvalue weighted by Gasteiger charge is -2.57. The van der Waals surface area contributed by atoms with E-state index in [2.05, 4.69) is 4.90 Å². The highest BCUT2D eigenvalue weighted by atomic mass is 16.6. The standard InChI is InChI=1S/C74H12N4O6/c79-76(80)10-3-1-9(2-4-10)72-74-70-64-58-48-36-28-20-16-14-15-18-22(20)30(36)40-34-26(18)27-19(15)23-21-17(14)25-24(16)32-38(28)46-52-42(32)43-33(25)39-29(21)37-31(23)41-35(27)45-44(34)56(50(40)58)66(70)67-57(45)51(41)59-49(37)55-47(39)53(43)61-60(52)68(62(64)54(46)48)73(74,69(61)63(55)65(59)71(67)74)8-75(72)12-6-5-11(77(81)82)7-13(12)78(83)84/h1-7,68,71-72H,8H2. The molecule has 0 saturated carbocycles. The van der Waals surface area contributed by atoms with E-state index in [0.29, 0.717) is 12.2 Å². The van der Waals surface area contributed by atoms with Crippen molar-refractivity contribution in [2.24, 2.45) is 0 Å². The van der Waals surface area contributed by atoms with E-state index in [4.69, 9.17) is 0 Å². The average Bonchev–Trinajstić information content (AvgIpc) is 1.38. The Morgan fingerprint density at radius 3 is 0.940 bits per heavy atom. The Morgan fingerprint density at radius 2 is 0.607 bits per heavy atom. The summed E-state index contributed by atoms with van der Waals surface area (Å²) in [4.78, 5) is 40.7. The molecule has 5 atom stereocenters. The molecule has 10 nitrogen and oxygen atoms in total. The van der Waals surface area contributed by atoms with Gasteiger partial charge in [-0.3, -0.25) is 30.3 Å². The third kappa shape index (κ3) is 1.98. The van der Waals surface area contributed by atoms with E-state index in [-0.39, 0.29) is 33.8 Å². The number of hydrogen-bond donors (Lipinski definition) is 0. The number of anilines is 1. The Morgan fingerprint density at radius 1 is 0.321 bits per heavy atom. The third-order valence-electron chi connectivity index (χ3n) is 28.4. The van der Waals surface area contributed by atoms with Gasteiger partial charge in [0, 0.05) is 47.4 Å². The summed E-state index contributed by atoms with van der Waals surface area (Å²) in [7, 11) is 0. The van der Waals surface area contributed by atoms with Crippen LogP contribution in [0.5, 0.6) is 0 Å². The summed E-state index contributed by atoms with van der Waals surface area (Å²) in [5.74, 6) is -0.328. The van der Waals surface area contributed by atoms with Crippen molar-refractivity contribution >= 4 is 292 Å². The van der Waals surface area contributed by atoms with Gasteiger partial charge in [-0.15, -0.1) is 0 Å². The molecule has 84 heavy (non-hydrogen) atoms. The summed E-state index contributed by atoms with van der Waals surface area (Å²) in [6.45, 7) is 0.422. The Kier molecular flexibility index (Phi) is 3.24. The monoisotopic (exact) mass is 1050 g/mol. The minimum absolute atomic E-state index is 0.00408. The predicted octanol–water partition coefficient (Wildman–Crippen LogP) is 18.9. The average molecular weight is 1050 g/mol. The molecule has 5 unspecified atom stereocenters. The SMILES string of the molecule is O=[N+]([O-])c1ccc(C2N(c3ccc([N+](=O)[O-])cc3[N+](=O)[O-])CC34c5c6c7c8c9c%10c%11c%12c(c%13c%14c%15c%16c%17c(c5c5c%18c6c8c6c8c9c9c%10c%10c%12c%12c%13c%15c%13c%15c%16c%16c%17c5c5c%18c6c6c8c8c9c9c%10c%12c%13c%10c%15c%12c%16c5c6c%12c8c9%10)C%143)C24C7%11)cc1. The first-order chi connectivity index (χ1) is 41.4. The molecule has 1 heterocycles. The second kappa shape index (κ2) is 8.04. The number of hydrogen-bond acceptors (Lipinski definition) is 7. The number of nitro groups is 3.